The van der Waals surface area contributed by atoms with E-state index in [9.17, 15) is 9.59 Å². The fourth-order valence-electron chi connectivity index (χ4n) is 3.35. The van der Waals surface area contributed by atoms with Gasteiger partial charge in [0.25, 0.3) is 0 Å². The van der Waals surface area contributed by atoms with Gasteiger partial charge in [-0.05, 0) is 24.6 Å². The van der Waals surface area contributed by atoms with Crippen LogP contribution < -0.4 is 0 Å². The second kappa shape index (κ2) is 11.4. The van der Waals surface area contributed by atoms with E-state index in [1.807, 2.05) is 61.5 Å². The molecule has 6 nitrogen and oxygen atoms in total. The lowest BCUT2D eigenvalue weighted by atomic mass is 10.0. The largest absolute Gasteiger partial charge is 0.455 e. The molecule has 2 aromatic rings. The van der Waals surface area contributed by atoms with E-state index in [0.29, 0.717) is 0 Å². The molecule has 0 bridgehead atoms. The van der Waals surface area contributed by atoms with Crippen LogP contribution in [0.3, 0.4) is 0 Å². The maximum Gasteiger partial charge on any atom is 0.303 e. The number of hydrogen-bond donors (Lipinski definition) is 0. The number of aryl methyl sites for hydroxylation is 1. The van der Waals surface area contributed by atoms with Gasteiger partial charge in [0, 0.05) is 18.7 Å². The summed E-state index contributed by atoms with van der Waals surface area (Å²) in [5, 5.41) is 0. The lowest BCUT2D eigenvalue weighted by molar-refractivity contribution is -0.218. The first kappa shape index (κ1) is 24.2. The van der Waals surface area contributed by atoms with Gasteiger partial charge in [0.2, 0.25) is 0 Å². The second-order valence-electron chi connectivity index (χ2n) is 7.57. The summed E-state index contributed by atoms with van der Waals surface area (Å²) < 4.78 is 37.7. The molecule has 5 atom stereocenters. The molecule has 1 aliphatic heterocycles. The molecule has 1 saturated heterocycles. The molecule has 0 aromatic heterocycles. The average molecular weight is 463 g/mol. The molecule has 1 fully saturated rings. The number of esters is 2. The molecule has 0 aliphatic carbocycles. The zero-order chi connectivity index (χ0) is 23.1. The van der Waals surface area contributed by atoms with E-state index < -0.39 is 41.9 Å². The summed E-state index contributed by atoms with van der Waals surface area (Å²) in [6, 6.07) is 17.2. The molecule has 1 aliphatic rings. The Morgan fingerprint density at radius 3 is 2.22 bits per heavy atom. The van der Waals surface area contributed by atoms with Crippen LogP contribution in [0.5, 0.6) is 0 Å². The van der Waals surface area contributed by atoms with Crippen LogP contribution in [0.4, 0.5) is 4.39 Å². The SMILES string of the molecule is CC(=O)OC1[C@@H](OC(C)=O)[C@@H](F)C(COCc2ccccc2)O[C@H]1Sc1ccc(C)cc1. The second-order valence-corrected chi connectivity index (χ2v) is 8.74. The lowest BCUT2D eigenvalue weighted by Crippen LogP contribution is -2.58. The number of thioether (sulfide) groups is 1. The molecular formula is C24H27FO6S. The van der Waals surface area contributed by atoms with Crippen molar-refractivity contribution in [2.45, 2.75) is 62.2 Å². The first-order chi connectivity index (χ1) is 15.3. The number of alkyl halides is 1. The van der Waals surface area contributed by atoms with Gasteiger partial charge in [-0.25, -0.2) is 4.39 Å². The van der Waals surface area contributed by atoms with Crippen LogP contribution in [0.15, 0.2) is 59.5 Å². The van der Waals surface area contributed by atoms with E-state index in [4.69, 9.17) is 18.9 Å². The summed E-state index contributed by atoms with van der Waals surface area (Å²) in [7, 11) is 0. The third-order valence-corrected chi connectivity index (χ3v) is 6.00. The van der Waals surface area contributed by atoms with Gasteiger partial charge in [0.15, 0.2) is 18.4 Å². The fraction of sp³-hybridized carbons (Fsp3) is 0.417. The maximum atomic E-state index is 15.4. The van der Waals surface area contributed by atoms with Gasteiger partial charge in [0.1, 0.15) is 11.5 Å². The van der Waals surface area contributed by atoms with Gasteiger partial charge in [-0.15, -0.1) is 0 Å². The summed E-state index contributed by atoms with van der Waals surface area (Å²) >= 11 is 1.28. The van der Waals surface area contributed by atoms with Gasteiger partial charge < -0.3 is 18.9 Å². The Bertz CT molecular complexity index is 891. The van der Waals surface area contributed by atoms with Crippen LogP contribution >= 0.6 is 11.8 Å². The van der Waals surface area contributed by atoms with E-state index in [0.717, 1.165) is 16.0 Å². The van der Waals surface area contributed by atoms with E-state index in [-0.39, 0.29) is 13.2 Å². The number of carbonyl (C=O) groups is 2. The normalized spacial score (nSPS) is 25.2. The van der Waals surface area contributed by atoms with Crippen LogP contribution in [0.1, 0.15) is 25.0 Å². The quantitative estimate of drug-likeness (QED) is 0.544. The summed E-state index contributed by atoms with van der Waals surface area (Å²) in [5.41, 5.74) is 1.24. The Labute approximate surface area is 191 Å². The van der Waals surface area contributed by atoms with Crippen molar-refractivity contribution in [2.75, 3.05) is 6.61 Å². The van der Waals surface area contributed by atoms with Crippen molar-refractivity contribution in [1.82, 2.24) is 0 Å². The highest BCUT2D eigenvalue weighted by atomic mass is 32.2. The van der Waals surface area contributed by atoms with E-state index in [1.54, 1.807) is 0 Å². The third kappa shape index (κ3) is 6.79. The van der Waals surface area contributed by atoms with Gasteiger partial charge in [-0.2, -0.15) is 0 Å². The molecule has 172 valence electrons. The first-order valence-electron chi connectivity index (χ1n) is 10.3. The zero-order valence-electron chi connectivity index (χ0n) is 18.2. The third-order valence-electron chi connectivity index (χ3n) is 4.84. The smallest absolute Gasteiger partial charge is 0.303 e. The van der Waals surface area contributed by atoms with Crippen molar-refractivity contribution < 1.29 is 32.9 Å². The Morgan fingerprint density at radius 2 is 1.59 bits per heavy atom. The van der Waals surface area contributed by atoms with Crippen molar-refractivity contribution >= 4 is 23.7 Å². The van der Waals surface area contributed by atoms with E-state index in [2.05, 4.69) is 0 Å². The van der Waals surface area contributed by atoms with Crippen molar-refractivity contribution in [3.63, 3.8) is 0 Å². The topological polar surface area (TPSA) is 71.1 Å². The molecule has 32 heavy (non-hydrogen) atoms. The molecule has 0 saturated carbocycles. The fourth-order valence-corrected chi connectivity index (χ4v) is 4.46. The molecule has 1 heterocycles. The highest BCUT2D eigenvalue weighted by molar-refractivity contribution is 7.99. The Hall–Kier alpha value is -2.42. The van der Waals surface area contributed by atoms with Crippen molar-refractivity contribution in [2.24, 2.45) is 0 Å². The predicted molar refractivity (Wildman–Crippen MR) is 118 cm³/mol. The zero-order valence-corrected chi connectivity index (χ0v) is 19.0. The summed E-state index contributed by atoms with van der Waals surface area (Å²) in [4.78, 5) is 24.3. The Kier molecular flexibility index (Phi) is 8.67. The molecule has 8 heteroatoms. The van der Waals surface area contributed by atoms with Gasteiger partial charge in [-0.3, -0.25) is 9.59 Å². The highest BCUT2D eigenvalue weighted by Crippen LogP contribution is 2.37. The summed E-state index contributed by atoms with van der Waals surface area (Å²) in [5.74, 6) is -1.28. The first-order valence-corrected chi connectivity index (χ1v) is 11.2. The Balaban J connectivity index is 1.78. The number of hydrogen-bond acceptors (Lipinski definition) is 7. The van der Waals surface area contributed by atoms with Crippen molar-refractivity contribution in [1.29, 1.82) is 0 Å². The van der Waals surface area contributed by atoms with E-state index in [1.165, 1.54) is 25.6 Å². The van der Waals surface area contributed by atoms with Crippen LogP contribution in [-0.2, 0) is 35.1 Å². The van der Waals surface area contributed by atoms with Crippen molar-refractivity contribution in [3.05, 3.63) is 65.7 Å². The standard InChI is InChI=1S/C24H27FO6S/c1-15-9-11-19(12-10-15)32-24-23(30-17(3)27)22(29-16(2)26)21(25)20(31-24)14-28-13-18-7-5-4-6-8-18/h4-12,20-24H,13-14H2,1-3H3/t20?,21-,22-,23?,24-/m0/s1. The Morgan fingerprint density at radius 1 is 0.969 bits per heavy atom. The van der Waals surface area contributed by atoms with Crippen LogP contribution in [0, 0.1) is 6.92 Å². The van der Waals surface area contributed by atoms with Gasteiger partial charge in [0.05, 0.1) is 13.2 Å². The van der Waals surface area contributed by atoms with E-state index >= 15 is 4.39 Å². The molecule has 2 unspecified atom stereocenters. The van der Waals surface area contributed by atoms with Gasteiger partial charge in [-0.1, -0.05) is 59.8 Å². The minimum atomic E-state index is -1.73. The minimum Gasteiger partial charge on any atom is -0.455 e. The summed E-state index contributed by atoms with van der Waals surface area (Å²) in [6.07, 6.45) is -5.15. The molecule has 0 spiro atoms. The number of carbonyl (C=O) groups excluding carboxylic acids is 2. The molecule has 0 amide bonds. The van der Waals surface area contributed by atoms with Crippen LogP contribution in [0.25, 0.3) is 0 Å². The maximum absolute atomic E-state index is 15.4. The number of benzene rings is 2. The molecule has 2 aromatic carbocycles. The molecular weight excluding hydrogens is 435 g/mol. The average Bonchev–Trinajstić information content (AvgIpc) is 2.75. The van der Waals surface area contributed by atoms with Crippen LogP contribution in [0.2, 0.25) is 0 Å². The lowest BCUT2D eigenvalue weighted by Gasteiger charge is -2.42. The van der Waals surface area contributed by atoms with Gasteiger partial charge >= 0.3 is 11.9 Å². The monoisotopic (exact) mass is 462 g/mol. The highest BCUT2D eigenvalue weighted by Gasteiger charge is 2.50. The minimum absolute atomic E-state index is 0.0500. The van der Waals surface area contributed by atoms with Crippen LogP contribution in [-0.4, -0.2) is 48.5 Å². The number of halogens is 1. The predicted octanol–water partition coefficient (Wildman–Crippen LogP) is 4.23. The number of rotatable bonds is 8. The summed E-state index contributed by atoms with van der Waals surface area (Å²) in [6.45, 7) is 4.62. The number of ether oxygens (including phenoxy) is 4. The molecule has 0 radical (unpaired) electrons. The molecule has 0 N–H and O–H groups in total. The van der Waals surface area contributed by atoms with Crippen molar-refractivity contribution in [3.8, 4) is 0 Å². The molecule has 3 rings (SSSR count).